The predicted molar refractivity (Wildman–Crippen MR) is 68.2 cm³/mol. The largest absolute Gasteiger partial charge is 0.388 e. The number of hydrogen-bond donors (Lipinski definition) is 4. The number of nitrogens with two attached hydrogens (primary N) is 1. The fraction of sp³-hybridized carbons (Fsp3) is 0.455. The number of hydrazine groups is 1. The van der Waals surface area contributed by atoms with E-state index in [-0.39, 0.29) is 5.69 Å². The fourth-order valence-corrected chi connectivity index (χ4v) is 1.93. The van der Waals surface area contributed by atoms with E-state index in [0.29, 0.717) is 17.9 Å². The zero-order chi connectivity index (χ0) is 13.2. The van der Waals surface area contributed by atoms with E-state index in [1.54, 1.807) is 6.07 Å². The number of nitrogens with one attached hydrogen (secondary N) is 2. The lowest BCUT2D eigenvalue weighted by Crippen LogP contribution is -2.43. The van der Waals surface area contributed by atoms with E-state index in [2.05, 4.69) is 10.7 Å². The first-order chi connectivity index (χ1) is 8.52. The summed E-state index contributed by atoms with van der Waals surface area (Å²) in [5.74, 6) is 5.26. The minimum absolute atomic E-state index is 0.0476. The van der Waals surface area contributed by atoms with Gasteiger partial charge in [-0.2, -0.15) is 0 Å². The molecule has 1 saturated carbocycles. The molecule has 0 spiro atoms. The first kappa shape index (κ1) is 12.6. The van der Waals surface area contributed by atoms with Gasteiger partial charge in [0.25, 0.3) is 5.69 Å². The van der Waals surface area contributed by atoms with Crippen LogP contribution in [-0.2, 0) is 0 Å². The topological polar surface area (TPSA) is 113 Å². The Bertz CT molecular complexity index is 460. The lowest BCUT2D eigenvalue weighted by Gasteiger charge is -2.36. The molecule has 2 rings (SSSR count). The second-order valence-electron chi connectivity index (χ2n) is 4.60. The molecule has 18 heavy (non-hydrogen) atoms. The van der Waals surface area contributed by atoms with Gasteiger partial charge >= 0.3 is 0 Å². The summed E-state index contributed by atoms with van der Waals surface area (Å²) in [6.07, 6.45) is 2.54. The van der Waals surface area contributed by atoms with Crippen LogP contribution in [0.1, 0.15) is 19.3 Å². The normalized spacial score (nSPS) is 16.8. The average molecular weight is 252 g/mol. The summed E-state index contributed by atoms with van der Waals surface area (Å²) < 4.78 is 0. The van der Waals surface area contributed by atoms with E-state index >= 15 is 0 Å². The third kappa shape index (κ3) is 2.69. The third-order valence-corrected chi connectivity index (χ3v) is 3.20. The van der Waals surface area contributed by atoms with Crippen LogP contribution in [0, 0.1) is 10.1 Å². The Morgan fingerprint density at radius 1 is 1.39 bits per heavy atom. The minimum Gasteiger partial charge on any atom is -0.388 e. The van der Waals surface area contributed by atoms with Crippen molar-refractivity contribution in [3.8, 4) is 0 Å². The number of nitro groups is 1. The van der Waals surface area contributed by atoms with Gasteiger partial charge in [0, 0.05) is 24.4 Å². The number of aliphatic hydroxyl groups is 1. The molecule has 1 aromatic rings. The summed E-state index contributed by atoms with van der Waals surface area (Å²) in [4.78, 5) is 10.3. The van der Waals surface area contributed by atoms with Gasteiger partial charge in [-0.15, -0.1) is 0 Å². The van der Waals surface area contributed by atoms with Crippen molar-refractivity contribution < 1.29 is 10.0 Å². The zero-order valence-electron chi connectivity index (χ0n) is 9.85. The van der Waals surface area contributed by atoms with E-state index < -0.39 is 10.5 Å². The van der Waals surface area contributed by atoms with Crippen LogP contribution >= 0.6 is 0 Å². The highest BCUT2D eigenvalue weighted by atomic mass is 16.6. The Kier molecular flexibility index (Phi) is 3.35. The average Bonchev–Trinajstić information content (AvgIpc) is 2.33. The molecule has 0 unspecified atom stereocenters. The van der Waals surface area contributed by atoms with Gasteiger partial charge in [-0.1, -0.05) is 0 Å². The van der Waals surface area contributed by atoms with Crippen LogP contribution in [0.25, 0.3) is 0 Å². The standard InChI is InChI=1S/C11H16N4O3/c12-14-9-4-8(5-10(6-9)15(17)18)13-7-11(16)2-1-3-11/h4-6,13-14,16H,1-3,7,12H2. The second kappa shape index (κ2) is 4.79. The van der Waals surface area contributed by atoms with Crippen molar-refractivity contribution in [1.82, 2.24) is 0 Å². The molecule has 0 amide bonds. The zero-order valence-corrected chi connectivity index (χ0v) is 9.85. The number of hydrogen-bond acceptors (Lipinski definition) is 6. The molecule has 0 atom stereocenters. The molecule has 1 fully saturated rings. The second-order valence-corrected chi connectivity index (χ2v) is 4.60. The Balaban J connectivity index is 2.11. The van der Waals surface area contributed by atoms with Gasteiger partial charge in [-0.05, 0) is 25.3 Å². The van der Waals surface area contributed by atoms with Gasteiger partial charge in [0.2, 0.25) is 0 Å². The molecule has 0 aliphatic heterocycles. The molecule has 1 aromatic carbocycles. The van der Waals surface area contributed by atoms with Crippen LogP contribution in [0.5, 0.6) is 0 Å². The van der Waals surface area contributed by atoms with Crippen molar-refractivity contribution in [1.29, 1.82) is 0 Å². The van der Waals surface area contributed by atoms with Crippen LogP contribution < -0.4 is 16.6 Å². The van der Waals surface area contributed by atoms with Gasteiger partial charge in [0.15, 0.2) is 0 Å². The summed E-state index contributed by atoms with van der Waals surface area (Å²) in [5, 5.41) is 23.7. The number of rotatable bonds is 5. The van der Waals surface area contributed by atoms with Gasteiger partial charge in [-0.3, -0.25) is 16.0 Å². The van der Waals surface area contributed by atoms with Crippen LogP contribution in [0.2, 0.25) is 0 Å². The number of nitro benzene ring substituents is 1. The lowest BCUT2D eigenvalue weighted by atomic mass is 9.80. The SMILES string of the molecule is NNc1cc(NCC2(O)CCC2)cc([N+](=O)[O-])c1. The Hall–Kier alpha value is -1.86. The van der Waals surface area contributed by atoms with Crippen LogP contribution in [0.4, 0.5) is 17.1 Å². The molecule has 0 saturated heterocycles. The van der Waals surface area contributed by atoms with Gasteiger partial charge in [0.1, 0.15) is 0 Å². The number of non-ortho nitro benzene ring substituents is 1. The molecule has 0 heterocycles. The first-order valence-corrected chi connectivity index (χ1v) is 5.75. The van der Waals surface area contributed by atoms with E-state index in [9.17, 15) is 15.2 Å². The van der Waals surface area contributed by atoms with Crippen molar-refractivity contribution in [2.75, 3.05) is 17.3 Å². The number of anilines is 2. The van der Waals surface area contributed by atoms with Crippen LogP contribution in [0.3, 0.4) is 0 Å². The highest BCUT2D eigenvalue weighted by Gasteiger charge is 2.33. The van der Waals surface area contributed by atoms with Crippen molar-refractivity contribution in [2.45, 2.75) is 24.9 Å². The quantitative estimate of drug-likeness (QED) is 0.356. The molecule has 1 aliphatic rings. The number of nitrogen functional groups attached to an aromatic ring is 1. The number of nitrogens with zero attached hydrogens (tertiary/aromatic N) is 1. The lowest BCUT2D eigenvalue weighted by molar-refractivity contribution is -0.384. The van der Waals surface area contributed by atoms with E-state index in [1.807, 2.05) is 0 Å². The molecule has 0 bridgehead atoms. The van der Waals surface area contributed by atoms with Gasteiger partial charge in [0.05, 0.1) is 16.2 Å². The highest BCUT2D eigenvalue weighted by Crippen LogP contribution is 2.32. The van der Waals surface area contributed by atoms with Crippen molar-refractivity contribution in [3.05, 3.63) is 28.3 Å². The molecule has 7 nitrogen and oxygen atoms in total. The summed E-state index contributed by atoms with van der Waals surface area (Å²) >= 11 is 0. The monoisotopic (exact) mass is 252 g/mol. The molecule has 7 heteroatoms. The molecule has 0 radical (unpaired) electrons. The Morgan fingerprint density at radius 2 is 2.06 bits per heavy atom. The summed E-state index contributed by atoms with van der Waals surface area (Å²) in [6.45, 7) is 0.387. The van der Waals surface area contributed by atoms with Crippen molar-refractivity contribution in [3.63, 3.8) is 0 Å². The van der Waals surface area contributed by atoms with Gasteiger partial charge in [-0.25, -0.2) is 0 Å². The molecule has 1 aliphatic carbocycles. The Labute approximate surface area is 104 Å². The van der Waals surface area contributed by atoms with Crippen LogP contribution in [0.15, 0.2) is 18.2 Å². The predicted octanol–water partition coefficient (Wildman–Crippen LogP) is 1.21. The van der Waals surface area contributed by atoms with E-state index in [0.717, 1.165) is 19.3 Å². The van der Waals surface area contributed by atoms with Crippen molar-refractivity contribution >= 4 is 17.1 Å². The fourth-order valence-electron chi connectivity index (χ4n) is 1.93. The van der Waals surface area contributed by atoms with Crippen molar-refractivity contribution in [2.24, 2.45) is 5.84 Å². The maximum absolute atomic E-state index is 10.7. The maximum atomic E-state index is 10.7. The minimum atomic E-state index is -0.680. The maximum Gasteiger partial charge on any atom is 0.273 e. The molecular formula is C11H16N4O3. The Morgan fingerprint density at radius 3 is 2.56 bits per heavy atom. The molecule has 0 aromatic heterocycles. The van der Waals surface area contributed by atoms with E-state index in [1.165, 1.54) is 12.1 Å². The third-order valence-electron chi connectivity index (χ3n) is 3.20. The van der Waals surface area contributed by atoms with E-state index in [4.69, 9.17) is 5.84 Å². The molecular weight excluding hydrogens is 236 g/mol. The molecule has 5 N–H and O–H groups in total. The van der Waals surface area contributed by atoms with Crippen LogP contribution in [-0.4, -0.2) is 22.2 Å². The summed E-state index contributed by atoms with van der Waals surface area (Å²) in [6, 6.07) is 4.43. The summed E-state index contributed by atoms with van der Waals surface area (Å²) in [5.41, 5.74) is 2.67. The van der Waals surface area contributed by atoms with Gasteiger partial charge < -0.3 is 15.8 Å². The smallest absolute Gasteiger partial charge is 0.273 e. The summed E-state index contributed by atoms with van der Waals surface area (Å²) in [7, 11) is 0. The molecule has 98 valence electrons. The first-order valence-electron chi connectivity index (χ1n) is 5.75. The highest BCUT2D eigenvalue weighted by molar-refractivity contribution is 5.63. The number of benzene rings is 1.